The van der Waals surface area contributed by atoms with Crippen LogP contribution in [-0.2, 0) is 6.54 Å². The minimum atomic E-state index is 0.244. The van der Waals surface area contributed by atoms with Gasteiger partial charge in [-0.25, -0.2) is 0 Å². The van der Waals surface area contributed by atoms with Crippen molar-refractivity contribution in [3.05, 3.63) is 48.0 Å². The lowest BCUT2D eigenvalue weighted by molar-refractivity contribution is 0.244. The summed E-state index contributed by atoms with van der Waals surface area (Å²) in [6.45, 7) is 5.47. The minimum Gasteiger partial charge on any atom is -0.396 e. The van der Waals surface area contributed by atoms with Gasteiger partial charge in [-0.15, -0.1) is 0 Å². The molecule has 0 aromatic heterocycles. The topological polar surface area (TPSA) is 32.3 Å². The standard InChI is InChI=1S/C17H23NO/c1-13(2)17(9-10-19)18-12-14-7-8-15-5-3-4-6-16(15)11-14/h3-8,11,13,17-19H,9-10,12H2,1-2H3. The summed E-state index contributed by atoms with van der Waals surface area (Å²) in [5.74, 6) is 0.535. The maximum Gasteiger partial charge on any atom is 0.0445 e. The molecule has 19 heavy (non-hydrogen) atoms. The lowest BCUT2D eigenvalue weighted by Crippen LogP contribution is -2.34. The number of hydrogen-bond acceptors (Lipinski definition) is 2. The van der Waals surface area contributed by atoms with Crippen molar-refractivity contribution < 1.29 is 5.11 Å². The van der Waals surface area contributed by atoms with Crippen molar-refractivity contribution in [2.45, 2.75) is 32.9 Å². The lowest BCUT2D eigenvalue weighted by Gasteiger charge is -2.21. The van der Waals surface area contributed by atoms with E-state index in [0.29, 0.717) is 12.0 Å². The molecule has 0 aliphatic rings. The first-order chi connectivity index (χ1) is 9.20. The highest BCUT2D eigenvalue weighted by Crippen LogP contribution is 2.16. The monoisotopic (exact) mass is 257 g/mol. The molecule has 2 rings (SSSR count). The summed E-state index contributed by atoms with van der Waals surface area (Å²) in [5.41, 5.74) is 1.29. The maximum absolute atomic E-state index is 9.08. The molecule has 0 spiro atoms. The van der Waals surface area contributed by atoms with E-state index in [2.05, 4.69) is 61.6 Å². The predicted octanol–water partition coefficient (Wildman–Crippen LogP) is 3.34. The van der Waals surface area contributed by atoms with Crippen molar-refractivity contribution in [1.29, 1.82) is 0 Å². The zero-order valence-electron chi connectivity index (χ0n) is 11.8. The van der Waals surface area contributed by atoms with Crippen LogP contribution in [0.15, 0.2) is 42.5 Å². The maximum atomic E-state index is 9.08. The third kappa shape index (κ3) is 3.79. The lowest BCUT2D eigenvalue weighted by atomic mass is 10.0. The molecule has 0 fully saturated rings. The van der Waals surface area contributed by atoms with Gasteiger partial charge in [0.2, 0.25) is 0 Å². The van der Waals surface area contributed by atoms with Crippen LogP contribution in [0.1, 0.15) is 25.8 Å². The van der Waals surface area contributed by atoms with Crippen molar-refractivity contribution >= 4 is 10.8 Å². The van der Waals surface area contributed by atoms with Crippen LogP contribution in [0.4, 0.5) is 0 Å². The molecule has 2 aromatic rings. The van der Waals surface area contributed by atoms with E-state index in [9.17, 15) is 0 Å². The summed E-state index contributed by atoms with van der Waals surface area (Å²) in [6.07, 6.45) is 0.811. The zero-order valence-corrected chi connectivity index (χ0v) is 11.8. The van der Waals surface area contributed by atoms with Gasteiger partial charge in [-0.1, -0.05) is 50.2 Å². The molecule has 0 saturated carbocycles. The molecular formula is C17H23NO. The van der Waals surface area contributed by atoms with Crippen LogP contribution in [0.5, 0.6) is 0 Å². The van der Waals surface area contributed by atoms with Crippen molar-refractivity contribution in [3.63, 3.8) is 0 Å². The van der Waals surface area contributed by atoms with Crippen LogP contribution in [-0.4, -0.2) is 17.8 Å². The molecule has 2 heteroatoms. The van der Waals surface area contributed by atoms with Gasteiger partial charge < -0.3 is 10.4 Å². The SMILES string of the molecule is CC(C)C(CCO)NCc1ccc2ccccc2c1. The molecule has 0 radical (unpaired) electrons. The number of rotatable bonds is 6. The minimum absolute atomic E-state index is 0.244. The Hall–Kier alpha value is -1.38. The van der Waals surface area contributed by atoms with Crippen molar-refractivity contribution in [2.75, 3.05) is 6.61 Å². The molecule has 0 heterocycles. The van der Waals surface area contributed by atoms with E-state index in [1.165, 1.54) is 16.3 Å². The Balaban J connectivity index is 2.04. The van der Waals surface area contributed by atoms with Gasteiger partial charge in [0.05, 0.1) is 0 Å². The molecule has 1 unspecified atom stereocenters. The summed E-state index contributed by atoms with van der Waals surface area (Å²) in [6, 6.07) is 15.4. The smallest absolute Gasteiger partial charge is 0.0445 e. The Morgan fingerprint density at radius 2 is 1.79 bits per heavy atom. The number of hydrogen-bond donors (Lipinski definition) is 2. The van der Waals surface area contributed by atoms with E-state index in [1.807, 2.05) is 0 Å². The molecular weight excluding hydrogens is 234 g/mol. The third-order valence-electron chi connectivity index (χ3n) is 3.63. The van der Waals surface area contributed by atoms with Crippen LogP contribution >= 0.6 is 0 Å². The fourth-order valence-electron chi connectivity index (χ4n) is 2.41. The highest BCUT2D eigenvalue weighted by molar-refractivity contribution is 5.82. The van der Waals surface area contributed by atoms with Gasteiger partial charge in [-0.3, -0.25) is 0 Å². The van der Waals surface area contributed by atoms with E-state index in [1.54, 1.807) is 0 Å². The second-order valence-electron chi connectivity index (χ2n) is 5.43. The number of benzene rings is 2. The van der Waals surface area contributed by atoms with Crippen LogP contribution in [0.2, 0.25) is 0 Å². The average Bonchev–Trinajstić information content (AvgIpc) is 2.43. The van der Waals surface area contributed by atoms with Gasteiger partial charge in [0.25, 0.3) is 0 Å². The quantitative estimate of drug-likeness (QED) is 0.832. The van der Waals surface area contributed by atoms with Gasteiger partial charge in [0, 0.05) is 19.2 Å². The molecule has 102 valence electrons. The first-order valence-electron chi connectivity index (χ1n) is 7.02. The fraction of sp³-hybridized carbons (Fsp3) is 0.412. The number of aliphatic hydroxyl groups is 1. The van der Waals surface area contributed by atoms with E-state index >= 15 is 0 Å². The molecule has 2 aromatic carbocycles. The molecule has 0 aliphatic heterocycles. The van der Waals surface area contributed by atoms with E-state index < -0.39 is 0 Å². The molecule has 2 nitrogen and oxygen atoms in total. The molecule has 1 atom stereocenters. The number of nitrogens with one attached hydrogen (secondary N) is 1. The van der Waals surface area contributed by atoms with Crippen LogP contribution < -0.4 is 5.32 Å². The zero-order chi connectivity index (χ0) is 13.7. The van der Waals surface area contributed by atoms with E-state index in [0.717, 1.165) is 13.0 Å². The van der Waals surface area contributed by atoms with Gasteiger partial charge >= 0.3 is 0 Å². The Bertz CT molecular complexity index is 521. The summed E-state index contributed by atoms with van der Waals surface area (Å²) < 4.78 is 0. The highest BCUT2D eigenvalue weighted by atomic mass is 16.3. The van der Waals surface area contributed by atoms with Crippen LogP contribution in [0.25, 0.3) is 10.8 Å². The molecule has 2 N–H and O–H groups in total. The first-order valence-corrected chi connectivity index (χ1v) is 7.02. The molecule has 0 amide bonds. The second kappa shape index (κ2) is 6.69. The third-order valence-corrected chi connectivity index (χ3v) is 3.63. The van der Waals surface area contributed by atoms with Crippen LogP contribution in [0, 0.1) is 5.92 Å². The van der Waals surface area contributed by atoms with Crippen LogP contribution in [0.3, 0.4) is 0 Å². The van der Waals surface area contributed by atoms with Gasteiger partial charge in [-0.05, 0) is 34.7 Å². The Labute approximate surface area is 115 Å². The first kappa shape index (κ1) is 14.0. The molecule has 0 aliphatic carbocycles. The van der Waals surface area contributed by atoms with Crippen molar-refractivity contribution in [2.24, 2.45) is 5.92 Å². The molecule has 0 saturated heterocycles. The summed E-state index contributed by atoms with van der Waals surface area (Å²) in [5, 5.41) is 15.2. The van der Waals surface area contributed by atoms with Gasteiger partial charge in [-0.2, -0.15) is 0 Å². The van der Waals surface area contributed by atoms with Crippen molar-refractivity contribution in [3.8, 4) is 0 Å². The number of fused-ring (bicyclic) bond motifs is 1. The van der Waals surface area contributed by atoms with E-state index in [-0.39, 0.29) is 6.61 Å². The summed E-state index contributed by atoms with van der Waals surface area (Å²) in [4.78, 5) is 0. The Morgan fingerprint density at radius 3 is 2.47 bits per heavy atom. The fourth-order valence-corrected chi connectivity index (χ4v) is 2.41. The normalized spacial score (nSPS) is 13.1. The Kier molecular flexibility index (Phi) is 4.94. The predicted molar refractivity (Wildman–Crippen MR) is 81.1 cm³/mol. The Morgan fingerprint density at radius 1 is 1.05 bits per heavy atom. The molecule has 0 bridgehead atoms. The van der Waals surface area contributed by atoms with Gasteiger partial charge in [0.1, 0.15) is 0 Å². The summed E-state index contributed by atoms with van der Waals surface area (Å²) in [7, 11) is 0. The summed E-state index contributed by atoms with van der Waals surface area (Å²) >= 11 is 0. The van der Waals surface area contributed by atoms with E-state index in [4.69, 9.17) is 5.11 Å². The number of aliphatic hydroxyl groups excluding tert-OH is 1. The van der Waals surface area contributed by atoms with Crippen molar-refractivity contribution in [1.82, 2.24) is 5.32 Å². The van der Waals surface area contributed by atoms with Gasteiger partial charge in [0.15, 0.2) is 0 Å². The second-order valence-corrected chi connectivity index (χ2v) is 5.43. The average molecular weight is 257 g/mol. The highest BCUT2D eigenvalue weighted by Gasteiger charge is 2.11. The largest absolute Gasteiger partial charge is 0.396 e.